The summed E-state index contributed by atoms with van der Waals surface area (Å²) in [4.78, 5) is 7.61. The average Bonchev–Trinajstić information content (AvgIpc) is 3.65. The summed E-state index contributed by atoms with van der Waals surface area (Å²) >= 11 is 1.74. The van der Waals surface area contributed by atoms with Crippen molar-refractivity contribution in [1.82, 2.24) is 9.57 Å². The molecule has 2 saturated carbocycles. The molecule has 1 aromatic carbocycles. The quantitative estimate of drug-likeness (QED) is 0.0125. The molecule has 4 rings (SSSR count). The molecule has 2 fully saturated rings. The second-order valence-electron chi connectivity index (χ2n) is 20.7. The number of halogens is 10. The Balaban J connectivity index is 1.11. The Morgan fingerprint density at radius 1 is 0.877 bits per heavy atom. The molecule has 3 aliphatic carbocycles. The maximum Gasteiger partial charge on any atom is 0.435 e. The minimum Gasteiger partial charge on any atom is -0.492 e. The van der Waals surface area contributed by atoms with Crippen LogP contribution in [0.15, 0.2) is 18.2 Å². The van der Waals surface area contributed by atoms with E-state index < -0.39 is 45.7 Å². The molecule has 0 bridgehead atoms. The summed E-state index contributed by atoms with van der Waals surface area (Å²) in [6.07, 6.45) is -9.20. The summed E-state index contributed by atoms with van der Waals surface area (Å²) in [7, 11) is 4.76. The SMILES string of the molecule is CCN(C(C)C)P(OCCC#N)OCC(CCCCCCSSC(C)(C)CCN(C)CCOc1ccc2c(c1)CCC1C2CCC2(C)C(OCCCOC(C(F)(F)F)(C(F)(F)F)C(F)(F)F)CCC12)COOI. The first kappa shape index (κ1) is 64.9. The molecule has 23 heteroatoms. The van der Waals surface area contributed by atoms with Crippen molar-refractivity contribution in [3.8, 4) is 11.8 Å². The van der Waals surface area contributed by atoms with Crippen molar-refractivity contribution in [3.05, 3.63) is 29.3 Å². The first-order chi connectivity index (χ1) is 34.4. The number of aryl methyl sites for hydroxylation is 1. The van der Waals surface area contributed by atoms with Gasteiger partial charge < -0.3 is 28.2 Å². The number of likely N-dealkylation sites (N-methyl/N-ethyl adjacent to an activating group) is 1. The van der Waals surface area contributed by atoms with Crippen molar-refractivity contribution in [1.29, 1.82) is 5.26 Å². The van der Waals surface area contributed by atoms with E-state index in [4.69, 9.17) is 31.9 Å². The van der Waals surface area contributed by atoms with Crippen molar-refractivity contribution in [2.45, 2.75) is 178 Å². The van der Waals surface area contributed by atoms with Crippen molar-refractivity contribution in [3.63, 3.8) is 0 Å². The molecular formula is C50H78F9IN3O7PS2. The Labute approximate surface area is 451 Å². The van der Waals surface area contributed by atoms with Crippen LogP contribution in [0.1, 0.15) is 142 Å². The van der Waals surface area contributed by atoms with Crippen LogP contribution in [-0.2, 0) is 33.0 Å². The van der Waals surface area contributed by atoms with Gasteiger partial charge in [0.1, 0.15) is 12.4 Å². The van der Waals surface area contributed by atoms with Crippen LogP contribution in [0, 0.1) is 34.5 Å². The van der Waals surface area contributed by atoms with Gasteiger partial charge in [0.25, 0.3) is 8.53 Å². The highest BCUT2D eigenvalue weighted by Gasteiger charge is 2.85. The van der Waals surface area contributed by atoms with Gasteiger partial charge in [0.15, 0.2) is 23.0 Å². The van der Waals surface area contributed by atoms with E-state index in [1.807, 2.05) is 27.7 Å². The summed E-state index contributed by atoms with van der Waals surface area (Å²) in [5, 5.41) is 8.97. The molecule has 73 heavy (non-hydrogen) atoms. The van der Waals surface area contributed by atoms with Crippen molar-refractivity contribution < 1.29 is 70.9 Å². The standard InChI is InChI=1S/C50H78F9IN3O7PS2/c1-8-63(36(2)3)71(68-30-13-25-61)69-35-37(34-67-70-60)15-11-9-10-12-32-72-73-45(4,5)24-26-62(7)27-31-64-39-17-19-40-38(33-39)16-18-42-41(40)22-23-46(6)43(42)20-21-44(46)65-28-14-29-66-47(48(51,52)53,49(54,55)56)50(57,58)59/h17,19,33,36-37,41-44H,8-16,18,20-24,26-32,34-35H2,1-7H3. The second-order valence-corrected chi connectivity index (χ2v) is 25.7. The molecule has 422 valence electrons. The third kappa shape index (κ3) is 18.5. The van der Waals surface area contributed by atoms with E-state index in [0.29, 0.717) is 57.0 Å². The molecule has 3 aliphatic rings. The third-order valence-corrected chi connectivity index (χ3v) is 20.4. The maximum absolute atomic E-state index is 13.3. The van der Waals surface area contributed by atoms with Gasteiger partial charge in [0.2, 0.25) is 0 Å². The zero-order chi connectivity index (χ0) is 54.1. The number of fused-ring (bicyclic) bond motifs is 5. The number of benzene rings is 1. The predicted molar refractivity (Wildman–Crippen MR) is 278 cm³/mol. The topological polar surface area (TPSA) is 94.9 Å². The van der Waals surface area contributed by atoms with E-state index in [9.17, 15) is 39.5 Å². The van der Waals surface area contributed by atoms with E-state index in [-0.39, 0.29) is 34.8 Å². The van der Waals surface area contributed by atoms with Gasteiger partial charge in [-0.05, 0) is 152 Å². The van der Waals surface area contributed by atoms with Crippen LogP contribution >= 0.6 is 53.1 Å². The lowest BCUT2D eigenvalue weighted by molar-refractivity contribution is -0.457. The largest absolute Gasteiger partial charge is 0.492 e. The Hall–Kier alpha value is -0.580. The first-order valence-electron chi connectivity index (χ1n) is 25.7. The Morgan fingerprint density at radius 2 is 1.59 bits per heavy atom. The highest BCUT2D eigenvalue weighted by Crippen LogP contribution is 2.62. The lowest BCUT2D eigenvalue weighted by atomic mass is 9.55. The number of nitriles is 1. The number of rotatable bonds is 34. The van der Waals surface area contributed by atoms with Crippen LogP contribution in [-0.4, -0.2) is 123 Å². The Bertz CT molecular complexity index is 1790. The second kappa shape index (κ2) is 30.1. The number of ether oxygens (including phenoxy) is 3. The Kier molecular flexibility index (Phi) is 26.8. The minimum atomic E-state index is -6.75. The van der Waals surface area contributed by atoms with E-state index in [0.717, 1.165) is 102 Å². The molecule has 0 aliphatic heterocycles. The number of hydrogen-bond acceptors (Lipinski definition) is 12. The highest BCUT2D eigenvalue weighted by atomic mass is 127. The van der Waals surface area contributed by atoms with Gasteiger partial charge in [0.05, 0.1) is 45.0 Å². The van der Waals surface area contributed by atoms with E-state index >= 15 is 0 Å². The molecule has 0 N–H and O–H groups in total. The van der Waals surface area contributed by atoms with Gasteiger partial charge in [-0.3, -0.25) is 0 Å². The molecule has 0 spiro atoms. The zero-order valence-corrected chi connectivity index (χ0v) is 48.1. The van der Waals surface area contributed by atoms with Crippen molar-refractivity contribution >= 4 is 53.1 Å². The molecule has 1 aromatic rings. The zero-order valence-electron chi connectivity index (χ0n) is 43.4. The lowest BCUT2D eigenvalue weighted by Gasteiger charge is -2.50. The fraction of sp³-hybridized carbons (Fsp3) is 0.860. The van der Waals surface area contributed by atoms with Crippen LogP contribution in [0.3, 0.4) is 0 Å². The van der Waals surface area contributed by atoms with Crippen molar-refractivity contribution in [2.24, 2.45) is 23.2 Å². The fourth-order valence-electron chi connectivity index (χ4n) is 10.7. The minimum absolute atomic E-state index is 0.116. The third-order valence-electron chi connectivity index (χ3n) is 14.8. The summed E-state index contributed by atoms with van der Waals surface area (Å²) < 4.78 is 155. The van der Waals surface area contributed by atoms with Crippen LogP contribution in [0.25, 0.3) is 0 Å². The monoisotopic (exact) mass is 1230 g/mol. The van der Waals surface area contributed by atoms with Gasteiger partial charge in [-0.2, -0.15) is 48.0 Å². The van der Waals surface area contributed by atoms with E-state index in [1.165, 1.54) is 11.1 Å². The molecule has 7 atom stereocenters. The predicted octanol–water partition coefficient (Wildman–Crippen LogP) is 15.4. The average molecular weight is 1230 g/mol. The van der Waals surface area contributed by atoms with Crippen LogP contribution < -0.4 is 4.74 Å². The maximum atomic E-state index is 13.3. The lowest BCUT2D eigenvalue weighted by Crippen LogP contribution is -2.67. The normalized spacial score (nSPS) is 22.6. The smallest absolute Gasteiger partial charge is 0.435 e. The molecule has 10 nitrogen and oxygen atoms in total. The highest BCUT2D eigenvalue weighted by molar-refractivity contribution is 14.1. The molecular weight excluding hydrogens is 1150 g/mol. The fourth-order valence-corrected chi connectivity index (χ4v) is 15.1. The molecule has 7 unspecified atom stereocenters. The number of hydrogen-bond donors (Lipinski definition) is 0. The molecule has 0 saturated heterocycles. The van der Waals surface area contributed by atoms with Gasteiger partial charge in [-0.25, -0.2) is 9.56 Å². The molecule has 0 radical (unpaired) electrons. The van der Waals surface area contributed by atoms with E-state index in [1.54, 1.807) is 23.0 Å². The molecule has 0 aromatic heterocycles. The Morgan fingerprint density at radius 3 is 2.25 bits per heavy atom. The van der Waals surface area contributed by atoms with Gasteiger partial charge in [-0.15, -0.1) is 0 Å². The summed E-state index contributed by atoms with van der Waals surface area (Å²) in [5.74, 6) is 3.13. The van der Waals surface area contributed by atoms with Crippen LogP contribution in [0.5, 0.6) is 5.75 Å². The summed E-state index contributed by atoms with van der Waals surface area (Å²) in [6, 6.07) is 8.79. The van der Waals surface area contributed by atoms with Crippen LogP contribution in [0.4, 0.5) is 39.5 Å². The summed E-state index contributed by atoms with van der Waals surface area (Å²) in [5.41, 5.74) is -3.94. The summed E-state index contributed by atoms with van der Waals surface area (Å²) in [6.45, 7) is 15.7. The van der Waals surface area contributed by atoms with Crippen molar-refractivity contribution in [2.75, 3.05) is 72.1 Å². The van der Waals surface area contributed by atoms with E-state index in [2.05, 4.69) is 81.1 Å². The molecule has 0 amide bonds. The van der Waals surface area contributed by atoms with Crippen LogP contribution in [0.2, 0.25) is 0 Å². The number of unbranched alkanes of at least 4 members (excludes halogenated alkanes) is 3. The number of nitrogens with zero attached hydrogens (tertiary/aromatic N) is 3. The van der Waals surface area contributed by atoms with Gasteiger partial charge >= 0.3 is 24.1 Å². The molecule has 0 heterocycles. The first-order valence-corrected chi connectivity index (χ1v) is 30.0. The van der Waals surface area contributed by atoms with Gasteiger partial charge in [-0.1, -0.05) is 60.8 Å². The number of alkyl halides is 9. The van der Waals surface area contributed by atoms with Gasteiger partial charge in [0, 0.05) is 42.2 Å².